The van der Waals surface area contributed by atoms with E-state index < -0.39 is 0 Å². The molecule has 0 saturated carbocycles. The van der Waals surface area contributed by atoms with Crippen molar-refractivity contribution in [3.63, 3.8) is 0 Å². The smallest absolute Gasteiger partial charge is 0.298 e. The van der Waals surface area contributed by atoms with E-state index in [1.807, 2.05) is 19.2 Å². The second-order valence-electron chi connectivity index (χ2n) is 1.99. The first-order chi connectivity index (χ1) is 5.36. The zero-order valence-electron chi connectivity index (χ0n) is 6.20. The van der Waals surface area contributed by atoms with Crippen molar-refractivity contribution in [1.82, 2.24) is 0 Å². The van der Waals surface area contributed by atoms with E-state index in [0.29, 0.717) is 12.2 Å². The highest BCUT2D eigenvalue weighted by atomic mass is 16.5. The Bertz CT molecular complexity index is 230. The fourth-order valence-electron chi connectivity index (χ4n) is 0.756. The second kappa shape index (κ2) is 3.61. The van der Waals surface area contributed by atoms with Gasteiger partial charge in [0.15, 0.2) is 0 Å². The fraction of sp³-hybridized carbons (Fsp3) is 0.125. The third kappa shape index (κ3) is 1.97. The van der Waals surface area contributed by atoms with Crippen molar-refractivity contribution in [3.8, 4) is 5.75 Å². The highest BCUT2D eigenvalue weighted by Crippen LogP contribution is 2.13. The zero-order chi connectivity index (χ0) is 8.10. The van der Waals surface area contributed by atoms with E-state index in [0.717, 1.165) is 5.69 Å². The topological polar surface area (TPSA) is 38.3 Å². The molecule has 0 unspecified atom stereocenters. The second-order valence-corrected chi connectivity index (χ2v) is 1.99. The molecule has 1 N–H and O–H groups in total. The molecule has 0 aromatic heterocycles. The Morgan fingerprint density at radius 2 is 2.00 bits per heavy atom. The first-order valence-corrected chi connectivity index (χ1v) is 3.25. The van der Waals surface area contributed by atoms with E-state index in [1.54, 1.807) is 12.1 Å². The standard InChI is InChI=1S/C8H9NO2/c1-9-7-2-4-8(5-3-7)11-6-10/h2-6,9H,1H3. The van der Waals surface area contributed by atoms with Crippen LogP contribution in [0.5, 0.6) is 5.75 Å². The van der Waals surface area contributed by atoms with E-state index in [9.17, 15) is 4.79 Å². The molecule has 0 spiro atoms. The van der Waals surface area contributed by atoms with Crippen LogP contribution in [0, 0.1) is 0 Å². The van der Waals surface area contributed by atoms with Crippen molar-refractivity contribution in [2.24, 2.45) is 0 Å². The number of hydrogen-bond donors (Lipinski definition) is 1. The molecule has 0 aliphatic rings. The lowest BCUT2D eigenvalue weighted by Crippen LogP contribution is -1.90. The van der Waals surface area contributed by atoms with Gasteiger partial charge in [-0.3, -0.25) is 4.79 Å². The Kier molecular flexibility index (Phi) is 2.49. The first-order valence-electron chi connectivity index (χ1n) is 3.25. The lowest BCUT2D eigenvalue weighted by molar-refractivity contribution is -0.120. The summed E-state index contributed by atoms with van der Waals surface area (Å²) in [6, 6.07) is 7.11. The minimum Gasteiger partial charge on any atom is -0.429 e. The SMILES string of the molecule is CNc1ccc(OC=O)cc1. The minimum atomic E-state index is 0.411. The molecule has 1 rings (SSSR count). The maximum Gasteiger partial charge on any atom is 0.298 e. The van der Waals surface area contributed by atoms with Crippen LogP contribution in [0.2, 0.25) is 0 Å². The molecule has 1 aromatic carbocycles. The monoisotopic (exact) mass is 151 g/mol. The molecule has 3 heteroatoms. The number of benzene rings is 1. The van der Waals surface area contributed by atoms with Gasteiger partial charge >= 0.3 is 0 Å². The van der Waals surface area contributed by atoms with Crippen LogP contribution in [0.25, 0.3) is 0 Å². The average molecular weight is 151 g/mol. The molecule has 0 atom stereocenters. The Balaban J connectivity index is 2.74. The van der Waals surface area contributed by atoms with Crippen molar-refractivity contribution < 1.29 is 9.53 Å². The maximum absolute atomic E-state index is 9.89. The van der Waals surface area contributed by atoms with E-state index >= 15 is 0 Å². The van der Waals surface area contributed by atoms with E-state index in [-0.39, 0.29) is 0 Å². The molecule has 1 aromatic rings. The average Bonchev–Trinajstić information content (AvgIpc) is 2.07. The number of hydrogen-bond acceptors (Lipinski definition) is 3. The third-order valence-electron chi connectivity index (χ3n) is 1.33. The molecular formula is C8H9NO2. The van der Waals surface area contributed by atoms with Crippen LogP contribution in [0.4, 0.5) is 5.69 Å². The van der Waals surface area contributed by atoms with Crippen LogP contribution in [0.1, 0.15) is 0 Å². The number of nitrogens with one attached hydrogen (secondary N) is 1. The molecule has 0 heterocycles. The molecule has 0 aliphatic carbocycles. The summed E-state index contributed by atoms with van der Waals surface area (Å²) >= 11 is 0. The van der Waals surface area contributed by atoms with Gasteiger partial charge in [-0.15, -0.1) is 0 Å². The van der Waals surface area contributed by atoms with Gasteiger partial charge in [0.05, 0.1) is 0 Å². The Hall–Kier alpha value is -1.51. The normalized spacial score (nSPS) is 8.82. The molecule has 0 saturated heterocycles. The molecule has 0 radical (unpaired) electrons. The highest BCUT2D eigenvalue weighted by Gasteiger charge is 1.90. The summed E-state index contributed by atoms with van der Waals surface area (Å²) < 4.78 is 4.60. The van der Waals surface area contributed by atoms with Crippen LogP contribution in [0.15, 0.2) is 24.3 Å². The molecule has 58 valence electrons. The minimum absolute atomic E-state index is 0.411. The maximum atomic E-state index is 9.89. The van der Waals surface area contributed by atoms with Gasteiger partial charge < -0.3 is 10.1 Å². The van der Waals surface area contributed by atoms with Gasteiger partial charge in [0.1, 0.15) is 5.75 Å². The summed E-state index contributed by atoms with van der Waals surface area (Å²) in [5.41, 5.74) is 0.989. The number of ether oxygens (including phenoxy) is 1. The lowest BCUT2D eigenvalue weighted by Gasteiger charge is -1.99. The Labute approximate surface area is 65.0 Å². The Morgan fingerprint density at radius 3 is 2.45 bits per heavy atom. The summed E-state index contributed by atoms with van der Waals surface area (Å²) in [7, 11) is 1.83. The van der Waals surface area contributed by atoms with Gasteiger partial charge in [-0.25, -0.2) is 0 Å². The van der Waals surface area contributed by atoms with Crippen molar-refractivity contribution >= 4 is 12.2 Å². The van der Waals surface area contributed by atoms with Gasteiger partial charge in [-0.2, -0.15) is 0 Å². The van der Waals surface area contributed by atoms with E-state index in [4.69, 9.17) is 0 Å². The third-order valence-corrected chi connectivity index (χ3v) is 1.33. The van der Waals surface area contributed by atoms with Gasteiger partial charge in [-0.1, -0.05) is 0 Å². The van der Waals surface area contributed by atoms with Gasteiger partial charge in [0, 0.05) is 12.7 Å². The van der Waals surface area contributed by atoms with Crippen molar-refractivity contribution in [2.45, 2.75) is 0 Å². The van der Waals surface area contributed by atoms with Gasteiger partial charge in [-0.05, 0) is 24.3 Å². The van der Waals surface area contributed by atoms with Crippen LogP contribution in [-0.4, -0.2) is 13.5 Å². The van der Waals surface area contributed by atoms with Crippen LogP contribution in [-0.2, 0) is 4.79 Å². The summed E-state index contributed by atoms with van der Waals surface area (Å²) in [6.45, 7) is 0.411. The largest absolute Gasteiger partial charge is 0.429 e. The van der Waals surface area contributed by atoms with E-state index in [2.05, 4.69) is 10.1 Å². The lowest BCUT2D eigenvalue weighted by atomic mass is 10.3. The van der Waals surface area contributed by atoms with Crippen molar-refractivity contribution in [2.75, 3.05) is 12.4 Å². The van der Waals surface area contributed by atoms with Gasteiger partial charge in [0.25, 0.3) is 6.47 Å². The van der Waals surface area contributed by atoms with E-state index in [1.165, 1.54) is 0 Å². The number of carbonyl (C=O) groups is 1. The predicted molar refractivity (Wildman–Crippen MR) is 42.7 cm³/mol. The summed E-state index contributed by atoms with van der Waals surface area (Å²) in [6.07, 6.45) is 0. The van der Waals surface area contributed by atoms with Crippen molar-refractivity contribution in [1.29, 1.82) is 0 Å². The predicted octanol–water partition coefficient (Wildman–Crippen LogP) is 1.26. The molecule has 3 nitrogen and oxygen atoms in total. The summed E-state index contributed by atoms with van der Waals surface area (Å²) in [5.74, 6) is 0.555. The van der Waals surface area contributed by atoms with Crippen molar-refractivity contribution in [3.05, 3.63) is 24.3 Å². The Morgan fingerprint density at radius 1 is 1.36 bits per heavy atom. The number of carbonyl (C=O) groups excluding carboxylic acids is 1. The van der Waals surface area contributed by atoms with Crippen LogP contribution in [0.3, 0.4) is 0 Å². The zero-order valence-corrected chi connectivity index (χ0v) is 6.20. The van der Waals surface area contributed by atoms with Gasteiger partial charge in [0.2, 0.25) is 0 Å². The molecule has 0 amide bonds. The van der Waals surface area contributed by atoms with Crippen LogP contribution < -0.4 is 10.1 Å². The molecule has 0 bridgehead atoms. The highest BCUT2D eigenvalue weighted by molar-refractivity contribution is 5.50. The number of anilines is 1. The molecular weight excluding hydrogens is 142 g/mol. The number of rotatable bonds is 3. The first kappa shape index (κ1) is 7.60. The summed E-state index contributed by atoms with van der Waals surface area (Å²) in [5, 5.41) is 2.95. The fourth-order valence-corrected chi connectivity index (χ4v) is 0.756. The van der Waals surface area contributed by atoms with Crippen LogP contribution >= 0.6 is 0 Å². The molecule has 0 fully saturated rings. The molecule has 11 heavy (non-hydrogen) atoms. The summed E-state index contributed by atoms with van der Waals surface area (Å²) in [4.78, 5) is 9.89. The molecule has 0 aliphatic heterocycles. The quantitative estimate of drug-likeness (QED) is 0.661.